The molecule has 1 aromatic heterocycles. The number of amidine groups is 1. The van der Waals surface area contributed by atoms with Gasteiger partial charge in [0.15, 0.2) is 0 Å². The summed E-state index contributed by atoms with van der Waals surface area (Å²) < 4.78 is 31.1. The minimum atomic E-state index is -4.03. The summed E-state index contributed by atoms with van der Waals surface area (Å²) in [6.07, 6.45) is 0.511. The van der Waals surface area contributed by atoms with Gasteiger partial charge in [-0.15, -0.1) is 12.4 Å². The number of carbonyl (C=O) groups excluding carboxylic acids is 1. The van der Waals surface area contributed by atoms with E-state index in [4.69, 9.17) is 15.7 Å². The lowest BCUT2D eigenvalue weighted by atomic mass is 10.1. The molecule has 0 saturated heterocycles. The van der Waals surface area contributed by atoms with E-state index in [2.05, 4.69) is 10.4 Å². The normalized spacial score (nSPS) is 10.8. The summed E-state index contributed by atoms with van der Waals surface area (Å²) in [4.78, 5) is 24.6. The van der Waals surface area contributed by atoms with Crippen molar-refractivity contribution in [2.24, 2.45) is 12.8 Å². The number of rotatable bonds is 8. The number of nitrogens with zero attached hydrogens (tertiary/aromatic N) is 2. The van der Waals surface area contributed by atoms with Crippen LogP contribution in [0.4, 0.5) is 0 Å². The first-order chi connectivity index (χ1) is 13.1. The number of aromatic nitrogens is 2. The van der Waals surface area contributed by atoms with Crippen molar-refractivity contribution in [2.45, 2.75) is 12.8 Å². The van der Waals surface area contributed by atoms with E-state index in [0.29, 0.717) is 23.2 Å². The monoisotopic (exact) mass is 443 g/mol. The van der Waals surface area contributed by atoms with Gasteiger partial charge in [0.2, 0.25) is 0 Å². The molecule has 2 rings (SSSR count). The van der Waals surface area contributed by atoms with Crippen molar-refractivity contribution in [3.05, 3.63) is 51.8 Å². The van der Waals surface area contributed by atoms with Crippen LogP contribution in [0.25, 0.3) is 11.3 Å². The fourth-order valence-corrected chi connectivity index (χ4v) is 3.01. The molecule has 2 aromatic rings. The van der Waals surface area contributed by atoms with Crippen LogP contribution in [0, 0.1) is 5.41 Å². The molecule has 0 aliphatic heterocycles. The Morgan fingerprint density at radius 1 is 1.28 bits per heavy atom. The maximum absolute atomic E-state index is 12.3. The van der Waals surface area contributed by atoms with E-state index in [9.17, 15) is 18.0 Å². The molecule has 1 amide bonds. The number of aryl methyl sites for hydroxylation is 1. The van der Waals surface area contributed by atoms with Crippen molar-refractivity contribution in [2.75, 3.05) is 12.3 Å². The Bertz CT molecular complexity index is 1050. The molecule has 12 heteroatoms. The zero-order chi connectivity index (χ0) is 20.9. The molecule has 29 heavy (non-hydrogen) atoms. The molecule has 1 aromatic carbocycles. The van der Waals surface area contributed by atoms with Gasteiger partial charge in [0.25, 0.3) is 21.6 Å². The van der Waals surface area contributed by atoms with Gasteiger partial charge >= 0.3 is 0 Å². The summed E-state index contributed by atoms with van der Waals surface area (Å²) >= 11 is 0. The van der Waals surface area contributed by atoms with E-state index in [1.165, 1.54) is 13.1 Å². The van der Waals surface area contributed by atoms with Crippen molar-refractivity contribution in [3.63, 3.8) is 0 Å². The van der Waals surface area contributed by atoms with Crippen molar-refractivity contribution >= 4 is 34.3 Å². The topological polar surface area (TPSA) is 168 Å². The first-order valence-electron chi connectivity index (χ1n) is 8.35. The van der Waals surface area contributed by atoms with Gasteiger partial charge in [-0.05, 0) is 18.9 Å². The van der Waals surface area contributed by atoms with Crippen molar-refractivity contribution in [3.8, 4) is 11.3 Å². The fourth-order valence-electron chi connectivity index (χ4n) is 2.44. The molecule has 0 bridgehead atoms. The molecule has 0 saturated carbocycles. The molecule has 158 valence electrons. The Morgan fingerprint density at radius 3 is 2.45 bits per heavy atom. The maximum Gasteiger partial charge on any atom is 0.279 e. The second-order valence-corrected chi connectivity index (χ2v) is 7.68. The SMILES string of the molecule is Cl.Cn1nc(-c2ccc(C(=N)N)cc2)cc(C(=O)NCCCCS(=O)(=O)O)c1=O. The van der Waals surface area contributed by atoms with Gasteiger partial charge in [-0.3, -0.25) is 19.6 Å². The van der Waals surface area contributed by atoms with Gasteiger partial charge < -0.3 is 11.1 Å². The van der Waals surface area contributed by atoms with E-state index in [0.717, 1.165) is 4.68 Å². The average Bonchev–Trinajstić information content (AvgIpc) is 2.62. The first-order valence-corrected chi connectivity index (χ1v) is 9.96. The second-order valence-electron chi connectivity index (χ2n) is 6.11. The predicted molar refractivity (Wildman–Crippen MR) is 111 cm³/mol. The lowest BCUT2D eigenvalue weighted by molar-refractivity contribution is 0.0951. The predicted octanol–water partition coefficient (Wildman–Crippen LogP) is 0.551. The summed E-state index contributed by atoms with van der Waals surface area (Å²) in [5.74, 6) is -1.06. The number of unbranched alkanes of at least 4 members (excludes halogenated alkanes) is 1. The number of carbonyl (C=O) groups is 1. The minimum absolute atomic E-state index is 0. The first kappa shape index (κ1) is 24.3. The number of benzene rings is 1. The smallest absolute Gasteiger partial charge is 0.279 e. The van der Waals surface area contributed by atoms with Crippen LogP contribution in [-0.2, 0) is 17.2 Å². The largest absolute Gasteiger partial charge is 0.384 e. The highest BCUT2D eigenvalue weighted by atomic mass is 35.5. The number of halogens is 1. The molecule has 0 aliphatic carbocycles. The Labute approximate surface area is 173 Å². The van der Waals surface area contributed by atoms with Gasteiger partial charge in [-0.1, -0.05) is 24.3 Å². The molecule has 0 atom stereocenters. The molecule has 0 fully saturated rings. The number of hydrogen-bond acceptors (Lipinski definition) is 6. The third kappa shape index (κ3) is 6.97. The third-order valence-corrected chi connectivity index (χ3v) is 4.72. The standard InChI is InChI=1S/C17H21N5O5S.ClH/c1-22-17(24)13(16(23)20-8-2-3-9-28(25,26)27)10-14(21-22)11-4-6-12(7-5-11)15(18)19;/h4-7,10H,2-3,8-9H2,1H3,(H3,18,19)(H,20,23)(H,25,26,27);1H. The third-order valence-electron chi connectivity index (χ3n) is 3.91. The Kier molecular flexibility index (Phi) is 8.49. The summed E-state index contributed by atoms with van der Waals surface area (Å²) in [6, 6.07) is 8.01. The van der Waals surface area contributed by atoms with Crippen LogP contribution < -0.4 is 16.6 Å². The lowest BCUT2D eigenvalue weighted by Crippen LogP contribution is -2.34. The van der Waals surface area contributed by atoms with Gasteiger partial charge in [-0.25, -0.2) is 4.68 Å². The highest BCUT2D eigenvalue weighted by molar-refractivity contribution is 7.85. The van der Waals surface area contributed by atoms with Crippen LogP contribution in [0.2, 0.25) is 0 Å². The van der Waals surface area contributed by atoms with Crippen LogP contribution in [0.3, 0.4) is 0 Å². The van der Waals surface area contributed by atoms with E-state index in [-0.39, 0.29) is 42.5 Å². The number of amides is 1. The van der Waals surface area contributed by atoms with Gasteiger partial charge in [0.1, 0.15) is 11.4 Å². The molecule has 0 spiro atoms. The van der Waals surface area contributed by atoms with Gasteiger partial charge in [-0.2, -0.15) is 13.5 Å². The number of nitrogen functional groups attached to an aromatic ring is 1. The maximum atomic E-state index is 12.3. The summed E-state index contributed by atoms with van der Waals surface area (Å²) in [5, 5.41) is 14.1. The highest BCUT2D eigenvalue weighted by Crippen LogP contribution is 2.17. The molecule has 0 aliphatic rings. The molecule has 10 nitrogen and oxygen atoms in total. The van der Waals surface area contributed by atoms with Crippen molar-refractivity contribution in [1.82, 2.24) is 15.1 Å². The zero-order valence-electron chi connectivity index (χ0n) is 15.6. The molecule has 1 heterocycles. The Morgan fingerprint density at radius 2 is 1.90 bits per heavy atom. The summed E-state index contributed by atoms with van der Waals surface area (Å²) in [6.45, 7) is 0.155. The quantitative estimate of drug-likeness (QED) is 0.200. The highest BCUT2D eigenvalue weighted by Gasteiger charge is 2.15. The molecule has 0 radical (unpaired) electrons. The Balaban J connectivity index is 0.00000420. The van der Waals surface area contributed by atoms with E-state index >= 15 is 0 Å². The minimum Gasteiger partial charge on any atom is -0.384 e. The van der Waals surface area contributed by atoms with E-state index < -0.39 is 21.6 Å². The zero-order valence-corrected chi connectivity index (χ0v) is 17.2. The van der Waals surface area contributed by atoms with E-state index in [1.807, 2.05) is 0 Å². The van der Waals surface area contributed by atoms with Crippen LogP contribution in [-0.4, -0.2) is 46.8 Å². The van der Waals surface area contributed by atoms with Crippen LogP contribution in [0.15, 0.2) is 35.1 Å². The van der Waals surface area contributed by atoms with Gasteiger partial charge in [0, 0.05) is 24.7 Å². The molecule has 0 unspecified atom stereocenters. The van der Waals surface area contributed by atoms with Crippen LogP contribution >= 0.6 is 12.4 Å². The second kappa shape index (κ2) is 10.1. The van der Waals surface area contributed by atoms with E-state index in [1.54, 1.807) is 24.3 Å². The van der Waals surface area contributed by atoms with Crippen LogP contribution in [0.1, 0.15) is 28.8 Å². The molecular weight excluding hydrogens is 422 g/mol. The van der Waals surface area contributed by atoms with Crippen LogP contribution in [0.5, 0.6) is 0 Å². The summed E-state index contributed by atoms with van der Waals surface area (Å²) in [5.41, 5.74) is 6.33. The van der Waals surface area contributed by atoms with Crippen molar-refractivity contribution < 1.29 is 17.8 Å². The number of hydrogen-bond donors (Lipinski definition) is 4. The van der Waals surface area contributed by atoms with Crippen molar-refractivity contribution in [1.29, 1.82) is 5.41 Å². The van der Waals surface area contributed by atoms with Gasteiger partial charge in [0.05, 0.1) is 11.4 Å². The Hall–Kier alpha value is -2.76. The molecule has 5 N–H and O–H groups in total. The number of nitrogens with two attached hydrogens (primary N) is 1. The lowest BCUT2D eigenvalue weighted by Gasteiger charge is -2.09. The number of nitrogens with one attached hydrogen (secondary N) is 2. The molecular formula is C17H22ClN5O5S. The fraction of sp³-hybridized carbons (Fsp3) is 0.294. The summed E-state index contributed by atoms with van der Waals surface area (Å²) in [7, 11) is -2.60. The average molecular weight is 444 g/mol.